The van der Waals surface area contributed by atoms with Gasteiger partial charge in [-0.15, -0.1) is 11.3 Å². The van der Waals surface area contributed by atoms with Gasteiger partial charge in [0.25, 0.3) is 0 Å². The number of hydrogen-bond donors (Lipinski definition) is 0. The van der Waals surface area contributed by atoms with Crippen molar-refractivity contribution in [3.05, 3.63) is 28.8 Å². The normalized spacial score (nSPS) is 16.4. The Morgan fingerprint density at radius 1 is 1.35 bits per heavy atom. The Hall–Kier alpha value is -1.42. The highest BCUT2D eigenvalue weighted by atomic mass is 32.1. The van der Waals surface area contributed by atoms with Gasteiger partial charge in [0.15, 0.2) is 6.29 Å². The Balaban J connectivity index is 1.88. The first-order valence-electron chi connectivity index (χ1n) is 7.35. The lowest BCUT2D eigenvalue weighted by Crippen LogP contribution is -2.15. The summed E-state index contributed by atoms with van der Waals surface area (Å²) in [6.45, 7) is 3.04. The second kappa shape index (κ2) is 5.92. The average Bonchev–Trinajstić information content (AvgIpc) is 3.06. The molecule has 0 amide bonds. The molecular formula is C16H20N2OS. The minimum Gasteiger partial charge on any atom is -0.296 e. The van der Waals surface area contributed by atoms with Gasteiger partial charge in [0.2, 0.25) is 0 Å². The molecule has 0 radical (unpaired) electrons. The molecule has 0 atom stereocenters. The molecule has 1 fully saturated rings. The Labute approximate surface area is 123 Å². The van der Waals surface area contributed by atoms with Crippen LogP contribution in [0.25, 0.3) is 10.6 Å². The van der Waals surface area contributed by atoms with Gasteiger partial charge in [-0.05, 0) is 48.8 Å². The Morgan fingerprint density at radius 2 is 2.15 bits per heavy atom. The number of carbonyl (C=O) groups excluding carboxylic acids is 1. The van der Waals surface area contributed by atoms with Crippen LogP contribution in [0.15, 0.2) is 17.5 Å². The highest BCUT2D eigenvalue weighted by molar-refractivity contribution is 7.13. The van der Waals surface area contributed by atoms with Crippen LogP contribution >= 0.6 is 11.3 Å². The average molecular weight is 288 g/mol. The molecule has 0 aliphatic heterocycles. The lowest BCUT2D eigenvalue weighted by molar-refractivity contribution is 0.111. The third-order valence-corrected chi connectivity index (χ3v) is 5.13. The number of thiophene rings is 1. The monoisotopic (exact) mass is 288 g/mol. The van der Waals surface area contributed by atoms with Gasteiger partial charge < -0.3 is 0 Å². The lowest BCUT2D eigenvalue weighted by atomic mass is 9.89. The summed E-state index contributed by atoms with van der Waals surface area (Å²) < 4.78 is 2.05. The van der Waals surface area contributed by atoms with Crippen LogP contribution in [0.4, 0.5) is 0 Å². The van der Waals surface area contributed by atoms with Crippen molar-refractivity contribution in [3.8, 4) is 10.6 Å². The van der Waals surface area contributed by atoms with Crippen molar-refractivity contribution in [2.24, 2.45) is 5.92 Å². The van der Waals surface area contributed by atoms with Gasteiger partial charge in [0.05, 0.1) is 10.6 Å². The summed E-state index contributed by atoms with van der Waals surface area (Å²) in [5, 5.41) is 6.61. The minimum absolute atomic E-state index is 0.543. The highest BCUT2D eigenvalue weighted by Crippen LogP contribution is 2.30. The molecule has 0 bridgehead atoms. The maximum atomic E-state index is 11.0. The summed E-state index contributed by atoms with van der Waals surface area (Å²) in [6, 6.07) is 4.09. The molecule has 0 spiro atoms. The summed E-state index contributed by atoms with van der Waals surface area (Å²) in [5.74, 6) is 0.711. The second-order valence-electron chi connectivity index (χ2n) is 5.75. The number of aryl methyl sites for hydroxylation is 1. The van der Waals surface area contributed by atoms with E-state index in [4.69, 9.17) is 0 Å². The van der Waals surface area contributed by atoms with E-state index in [2.05, 4.69) is 23.5 Å². The third-order valence-electron chi connectivity index (χ3n) is 4.06. The zero-order valence-electron chi connectivity index (χ0n) is 11.8. The van der Waals surface area contributed by atoms with Gasteiger partial charge >= 0.3 is 0 Å². The summed E-state index contributed by atoms with van der Waals surface area (Å²) in [7, 11) is 0. The minimum atomic E-state index is 0.543. The Bertz CT molecular complexity index is 593. The fraction of sp³-hybridized carbons (Fsp3) is 0.500. The molecular weight excluding hydrogens is 268 g/mol. The van der Waals surface area contributed by atoms with Crippen LogP contribution in [0.3, 0.4) is 0 Å². The molecule has 2 aromatic heterocycles. The van der Waals surface area contributed by atoms with Crippen molar-refractivity contribution in [2.45, 2.75) is 45.6 Å². The summed E-state index contributed by atoms with van der Waals surface area (Å²) >= 11 is 1.73. The zero-order chi connectivity index (χ0) is 13.9. The van der Waals surface area contributed by atoms with Gasteiger partial charge in [-0.3, -0.25) is 9.48 Å². The van der Waals surface area contributed by atoms with Gasteiger partial charge in [-0.25, -0.2) is 0 Å². The topological polar surface area (TPSA) is 34.9 Å². The van der Waals surface area contributed by atoms with Crippen molar-refractivity contribution >= 4 is 17.6 Å². The van der Waals surface area contributed by atoms with Gasteiger partial charge in [-0.1, -0.05) is 19.3 Å². The smallest absolute Gasteiger partial charge is 0.170 e. The van der Waals surface area contributed by atoms with Crippen molar-refractivity contribution < 1.29 is 4.79 Å². The Morgan fingerprint density at radius 3 is 2.80 bits per heavy atom. The number of carbonyl (C=O) groups is 1. The van der Waals surface area contributed by atoms with Crippen LogP contribution < -0.4 is 0 Å². The molecule has 2 heterocycles. The summed E-state index contributed by atoms with van der Waals surface area (Å²) in [4.78, 5) is 12.2. The highest BCUT2D eigenvalue weighted by Gasteiger charge is 2.18. The van der Waals surface area contributed by atoms with E-state index in [1.54, 1.807) is 11.3 Å². The quantitative estimate of drug-likeness (QED) is 0.786. The SMILES string of the molecule is Cc1csc(-c2cc(C=O)nn2CC2CCCCC2)c1. The van der Waals surface area contributed by atoms with Gasteiger partial charge in [-0.2, -0.15) is 5.10 Å². The van der Waals surface area contributed by atoms with Gasteiger partial charge in [0, 0.05) is 6.54 Å². The number of nitrogens with zero attached hydrogens (tertiary/aromatic N) is 2. The molecule has 106 valence electrons. The molecule has 2 aromatic rings. The van der Waals surface area contributed by atoms with Crippen LogP contribution in [-0.2, 0) is 6.54 Å². The summed E-state index contributed by atoms with van der Waals surface area (Å²) in [6.07, 6.45) is 7.46. The molecule has 0 unspecified atom stereocenters. The van der Waals surface area contributed by atoms with E-state index in [1.807, 2.05) is 10.7 Å². The van der Waals surface area contributed by atoms with Crippen LogP contribution in [0.2, 0.25) is 0 Å². The van der Waals surface area contributed by atoms with Crippen molar-refractivity contribution in [1.82, 2.24) is 9.78 Å². The van der Waals surface area contributed by atoms with Crippen LogP contribution in [0.1, 0.15) is 48.2 Å². The van der Waals surface area contributed by atoms with Crippen molar-refractivity contribution in [2.75, 3.05) is 0 Å². The largest absolute Gasteiger partial charge is 0.296 e. The second-order valence-corrected chi connectivity index (χ2v) is 6.66. The molecule has 0 aromatic carbocycles. The van der Waals surface area contributed by atoms with E-state index in [-0.39, 0.29) is 0 Å². The number of hydrogen-bond acceptors (Lipinski definition) is 3. The van der Waals surface area contributed by atoms with Crippen molar-refractivity contribution in [3.63, 3.8) is 0 Å². The first-order valence-corrected chi connectivity index (χ1v) is 8.23. The summed E-state index contributed by atoms with van der Waals surface area (Å²) in [5.41, 5.74) is 2.90. The van der Waals surface area contributed by atoms with E-state index in [0.717, 1.165) is 18.5 Å². The van der Waals surface area contributed by atoms with Crippen LogP contribution in [0.5, 0.6) is 0 Å². The predicted molar refractivity (Wildman–Crippen MR) is 82.2 cm³/mol. The van der Waals surface area contributed by atoms with Crippen LogP contribution in [0, 0.1) is 12.8 Å². The number of rotatable bonds is 4. The van der Waals surface area contributed by atoms with E-state index < -0.39 is 0 Å². The van der Waals surface area contributed by atoms with Crippen LogP contribution in [-0.4, -0.2) is 16.1 Å². The zero-order valence-corrected chi connectivity index (χ0v) is 12.7. The Kier molecular flexibility index (Phi) is 4.01. The number of aldehydes is 1. The van der Waals surface area contributed by atoms with E-state index >= 15 is 0 Å². The molecule has 3 nitrogen and oxygen atoms in total. The molecule has 20 heavy (non-hydrogen) atoms. The van der Waals surface area contributed by atoms with E-state index in [1.165, 1.54) is 42.5 Å². The maximum absolute atomic E-state index is 11.0. The fourth-order valence-corrected chi connectivity index (χ4v) is 3.93. The molecule has 4 heteroatoms. The fourth-order valence-electron chi connectivity index (χ4n) is 3.01. The third kappa shape index (κ3) is 2.85. The maximum Gasteiger partial charge on any atom is 0.170 e. The molecule has 1 saturated carbocycles. The van der Waals surface area contributed by atoms with E-state index in [9.17, 15) is 4.79 Å². The van der Waals surface area contributed by atoms with Gasteiger partial charge in [0.1, 0.15) is 5.69 Å². The molecule has 1 aliphatic rings. The molecule has 1 aliphatic carbocycles. The molecule has 3 rings (SSSR count). The lowest BCUT2D eigenvalue weighted by Gasteiger charge is -2.22. The molecule has 0 N–H and O–H groups in total. The molecule has 0 saturated heterocycles. The number of aromatic nitrogens is 2. The first-order chi connectivity index (χ1) is 9.76. The first kappa shape index (κ1) is 13.6. The predicted octanol–water partition coefficient (Wildman–Crippen LogP) is 4.31. The standard InChI is InChI=1S/C16H20N2OS/c1-12-7-16(20-11-12)15-8-14(10-19)17-18(15)9-13-5-3-2-4-6-13/h7-8,10-11,13H,2-6,9H2,1H3. The van der Waals surface area contributed by atoms with E-state index in [0.29, 0.717) is 11.6 Å². The van der Waals surface area contributed by atoms with Crippen molar-refractivity contribution in [1.29, 1.82) is 0 Å².